The molecule has 3 heterocycles. The third-order valence-electron chi connectivity index (χ3n) is 4.95. The first-order valence-corrected chi connectivity index (χ1v) is 10.4. The highest BCUT2D eigenvalue weighted by Gasteiger charge is 2.24. The van der Waals surface area contributed by atoms with Gasteiger partial charge in [-0.25, -0.2) is 9.97 Å². The number of fused-ring (bicyclic) bond motifs is 1. The van der Waals surface area contributed by atoms with E-state index in [2.05, 4.69) is 15.1 Å². The van der Waals surface area contributed by atoms with E-state index in [0.29, 0.717) is 34.0 Å². The van der Waals surface area contributed by atoms with E-state index in [4.69, 9.17) is 25.8 Å². The number of hydrogen-bond acceptors (Lipinski definition) is 7. The Hall–Kier alpha value is -3.66. The van der Waals surface area contributed by atoms with Crippen LogP contribution in [0, 0.1) is 5.95 Å². The molecule has 0 radical (unpaired) electrons. The molecule has 0 fully saturated rings. The molecule has 11 heteroatoms. The van der Waals surface area contributed by atoms with Crippen LogP contribution < -0.4 is 9.47 Å². The van der Waals surface area contributed by atoms with Gasteiger partial charge in [0, 0.05) is 36.6 Å². The molecule has 0 atom stereocenters. The molecule has 0 bridgehead atoms. The van der Waals surface area contributed by atoms with Crippen LogP contribution in [-0.4, -0.2) is 50.9 Å². The molecule has 33 heavy (non-hydrogen) atoms. The molecule has 172 valence electrons. The number of nitrogens with zero attached hydrogens (tertiary/aromatic N) is 5. The van der Waals surface area contributed by atoms with Crippen molar-refractivity contribution in [2.45, 2.75) is 13.3 Å². The largest absolute Gasteiger partial charge is 0.493 e. The molecule has 1 aromatic carbocycles. The van der Waals surface area contributed by atoms with E-state index >= 15 is 4.39 Å². The SMILES string of the molecule is CCOC(=O)Cc1cn2c(-c3cc(OC)c(OC)cc3Cl)c(F)nc(-c3cnn(C)c3)c2n1. The number of hydrogen-bond donors (Lipinski definition) is 0. The standard InChI is InChI=1S/C22H21ClFN5O4/c1-5-33-18(30)6-13-11-29-20(14-7-16(31-3)17(32-4)8-15(14)23)21(24)27-19(22(29)26-13)12-9-25-28(2)10-12/h7-11H,5-6H2,1-4H3. The molecule has 0 aliphatic rings. The van der Waals surface area contributed by atoms with E-state index in [-0.39, 0.29) is 29.4 Å². The molecule has 0 amide bonds. The predicted molar refractivity (Wildman–Crippen MR) is 119 cm³/mol. The second-order valence-corrected chi connectivity index (χ2v) is 7.50. The van der Waals surface area contributed by atoms with Gasteiger partial charge in [-0.3, -0.25) is 13.9 Å². The highest BCUT2D eigenvalue weighted by atomic mass is 35.5. The summed E-state index contributed by atoms with van der Waals surface area (Å²) in [6.07, 6.45) is 4.75. The van der Waals surface area contributed by atoms with Crippen LogP contribution in [0.15, 0.2) is 30.7 Å². The van der Waals surface area contributed by atoms with Crippen LogP contribution in [0.3, 0.4) is 0 Å². The Balaban J connectivity index is 1.98. The first-order chi connectivity index (χ1) is 15.9. The number of halogens is 2. The van der Waals surface area contributed by atoms with Crippen LogP contribution in [0.2, 0.25) is 5.02 Å². The first kappa shape index (κ1) is 22.5. The fourth-order valence-electron chi connectivity index (χ4n) is 3.53. The average Bonchev–Trinajstić information content (AvgIpc) is 3.39. The van der Waals surface area contributed by atoms with Crippen molar-refractivity contribution in [2.75, 3.05) is 20.8 Å². The lowest BCUT2D eigenvalue weighted by atomic mass is 10.1. The van der Waals surface area contributed by atoms with Crippen LogP contribution in [-0.2, 0) is 23.0 Å². The van der Waals surface area contributed by atoms with Crippen molar-refractivity contribution < 1.29 is 23.4 Å². The number of carbonyl (C=O) groups is 1. The Labute approximate surface area is 193 Å². The average molecular weight is 474 g/mol. The normalized spacial score (nSPS) is 11.1. The summed E-state index contributed by atoms with van der Waals surface area (Å²) >= 11 is 6.49. The van der Waals surface area contributed by atoms with Gasteiger partial charge in [0.15, 0.2) is 17.1 Å². The van der Waals surface area contributed by atoms with Gasteiger partial charge in [-0.15, -0.1) is 0 Å². The number of imidazole rings is 1. The Morgan fingerprint density at radius 3 is 2.52 bits per heavy atom. The summed E-state index contributed by atoms with van der Waals surface area (Å²) < 4.78 is 34.3. The zero-order chi connectivity index (χ0) is 23.7. The molecular weight excluding hydrogens is 453 g/mol. The van der Waals surface area contributed by atoms with E-state index in [1.165, 1.54) is 24.7 Å². The van der Waals surface area contributed by atoms with Crippen molar-refractivity contribution in [1.82, 2.24) is 24.1 Å². The lowest BCUT2D eigenvalue weighted by Crippen LogP contribution is -2.07. The van der Waals surface area contributed by atoms with E-state index in [0.717, 1.165) is 0 Å². The number of aromatic nitrogens is 5. The van der Waals surface area contributed by atoms with Crippen LogP contribution in [0.4, 0.5) is 4.39 Å². The third-order valence-corrected chi connectivity index (χ3v) is 5.26. The van der Waals surface area contributed by atoms with E-state index in [1.54, 1.807) is 43.3 Å². The smallest absolute Gasteiger partial charge is 0.311 e. The molecule has 0 spiro atoms. The highest BCUT2D eigenvalue weighted by Crippen LogP contribution is 2.40. The first-order valence-electron chi connectivity index (χ1n) is 10.00. The molecular formula is C22H21ClFN5O4. The topological polar surface area (TPSA) is 92.8 Å². The second-order valence-electron chi connectivity index (χ2n) is 7.10. The number of rotatable bonds is 7. The maximum atomic E-state index is 15.5. The Morgan fingerprint density at radius 2 is 1.88 bits per heavy atom. The number of ether oxygens (including phenoxy) is 3. The summed E-state index contributed by atoms with van der Waals surface area (Å²) in [5.41, 5.74) is 1.96. The van der Waals surface area contributed by atoms with Crippen molar-refractivity contribution in [3.63, 3.8) is 0 Å². The van der Waals surface area contributed by atoms with Crippen LogP contribution in [0.1, 0.15) is 12.6 Å². The van der Waals surface area contributed by atoms with Gasteiger partial charge in [0.1, 0.15) is 11.4 Å². The molecule has 0 N–H and O–H groups in total. The van der Waals surface area contributed by atoms with Gasteiger partial charge >= 0.3 is 5.97 Å². The Kier molecular flexibility index (Phi) is 6.19. The van der Waals surface area contributed by atoms with Gasteiger partial charge in [0.05, 0.1) is 44.2 Å². The summed E-state index contributed by atoms with van der Waals surface area (Å²) in [5.74, 6) is -0.456. The zero-order valence-electron chi connectivity index (χ0n) is 18.4. The summed E-state index contributed by atoms with van der Waals surface area (Å²) in [6, 6.07) is 3.10. The molecule has 4 rings (SSSR count). The van der Waals surface area contributed by atoms with Gasteiger partial charge < -0.3 is 14.2 Å². The van der Waals surface area contributed by atoms with Gasteiger partial charge in [-0.1, -0.05) is 11.6 Å². The number of aryl methyl sites for hydroxylation is 1. The maximum Gasteiger partial charge on any atom is 0.311 e. The quantitative estimate of drug-likeness (QED) is 0.378. The highest BCUT2D eigenvalue weighted by molar-refractivity contribution is 6.33. The zero-order valence-corrected chi connectivity index (χ0v) is 19.2. The van der Waals surface area contributed by atoms with Crippen LogP contribution >= 0.6 is 11.6 Å². The lowest BCUT2D eigenvalue weighted by molar-refractivity contribution is -0.142. The molecule has 0 aliphatic carbocycles. The minimum Gasteiger partial charge on any atom is -0.493 e. The predicted octanol–water partition coefficient (Wildman–Crippen LogP) is 3.71. The molecule has 0 aliphatic heterocycles. The molecule has 4 aromatic rings. The minimum atomic E-state index is -0.782. The van der Waals surface area contributed by atoms with E-state index < -0.39 is 11.9 Å². The molecule has 0 unspecified atom stereocenters. The molecule has 0 saturated carbocycles. The summed E-state index contributed by atoms with van der Waals surface area (Å²) in [4.78, 5) is 20.8. The van der Waals surface area contributed by atoms with Gasteiger partial charge in [-0.05, 0) is 13.0 Å². The van der Waals surface area contributed by atoms with Crippen molar-refractivity contribution in [1.29, 1.82) is 0 Å². The van der Waals surface area contributed by atoms with Gasteiger partial charge in [0.2, 0.25) is 5.95 Å². The van der Waals surface area contributed by atoms with E-state index in [9.17, 15) is 4.79 Å². The summed E-state index contributed by atoms with van der Waals surface area (Å²) in [6.45, 7) is 1.97. The monoisotopic (exact) mass is 473 g/mol. The van der Waals surface area contributed by atoms with E-state index in [1.807, 2.05) is 0 Å². The van der Waals surface area contributed by atoms with Crippen molar-refractivity contribution >= 4 is 23.2 Å². The van der Waals surface area contributed by atoms with Crippen molar-refractivity contribution in [3.8, 4) is 34.0 Å². The molecule has 3 aromatic heterocycles. The second kappa shape index (κ2) is 9.07. The van der Waals surface area contributed by atoms with Crippen LogP contribution in [0.5, 0.6) is 11.5 Å². The minimum absolute atomic E-state index is 0.0613. The molecule has 9 nitrogen and oxygen atoms in total. The van der Waals surface area contributed by atoms with Crippen molar-refractivity contribution in [3.05, 3.63) is 47.4 Å². The number of methoxy groups -OCH3 is 2. The number of carbonyl (C=O) groups excluding carboxylic acids is 1. The lowest BCUT2D eigenvalue weighted by Gasteiger charge is -2.14. The van der Waals surface area contributed by atoms with Gasteiger partial charge in [-0.2, -0.15) is 9.49 Å². The number of benzene rings is 1. The van der Waals surface area contributed by atoms with Crippen molar-refractivity contribution in [2.24, 2.45) is 7.05 Å². The molecule has 0 saturated heterocycles. The summed E-state index contributed by atoms with van der Waals surface area (Å²) in [5, 5.41) is 4.36. The fourth-order valence-corrected chi connectivity index (χ4v) is 3.77. The third kappa shape index (κ3) is 4.21. The van der Waals surface area contributed by atoms with Crippen LogP contribution in [0.25, 0.3) is 28.2 Å². The number of esters is 1. The van der Waals surface area contributed by atoms with Gasteiger partial charge in [0.25, 0.3) is 0 Å². The summed E-state index contributed by atoms with van der Waals surface area (Å²) in [7, 11) is 4.70. The Morgan fingerprint density at radius 1 is 1.15 bits per heavy atom. The Bertz CT molecular complexity index is 1350. The fraction of sp³-hybridized carbons (Fsp3) is 0.273. The maximum absolute atomic E-state index is 15.5.